The van der Waals surface area contributed by atoms with Crippen LogP contribution in [0.1, 0.15) is 31.1 Å². The highest BCUT2D eigenvalue weighted by Crippen LogP contribution is 2.19. The lowest BCUT2D eigenvalue weighted by molar-refractivity contribution is -0.150. The zero-order chi connectivity index (χ0) is 15.2. The van der Waals surface area contributed by atoms with Gasteiger partial charge in [-0.15, -0.1) is 6.58 Å². The number of ether oxygens (including phenoxy) is 2. The average Bonchev–Trinajstić information content (AvgIpc) is 2.93. The van der Waals surface area contributed by atoms with Crippen LogP contribution >= 0.6 is 0 Å². The SMILES string of the molecule is C=CCCO[C@@H](C)C(=O)N1CCO[C@@H](c2n[nH]c(C)n2)C1. The monoisotopic (exact) mass is 294 g/mol. The van der Waals surface area contributed by atoms with Crippen molar-refractivity contribution in [1.29, 1.82) is 0 Å². The molecule has 0 unspecified atom stereocenters. The van der Waals surface area contributed by atoms with Crippen LogP contribution < -0.4 is 0 Å². The number of rotatable bonds is 6. The fourth-order valence-corrected chi connectivity index (χ4v) is 2.17. The van der Waals surface area contributed by atoms with Gasteiger partial charge in [-0.3, -0.25) is 9.89 Å². The Morgan fingerprint density at radius 2 is 2.52 bits per heavy atom. The summed E-state index contributed by atoms with van der Waals surface area (Å²) in [5.41, 5.74) is 0. The lowest BCUT2D eigenvalue weighted by atomic mass is 10.2. The minimum absolute atomic E-state index is 0.0281. The van der Waals surface area contributed by atoms with Gasteiger partial charge in [0, 0.05) is 6.54 Å². The molecule has 2 atom stereocenters. The Hall–Kier alpha value is -1.73. The third kappa shape index (κ3) is 4.12. The van der Waals surface area contributed by atoms with Crippen molar-refractivity contribution >= 4 is 5.91 Å². The Morgan fingerprint density at radius 1 is 1.71 bits per heavy atom. The number of carbonyl (C=O) groups excluding carboxylic acids is 1. The molecule has 1 N–H and O–H groups in total. The topological polar surface area (TPSA) is 80.3 Å². The normalized spacial score (nSPS) is 20.3. The van der Waals surface area contributed by atoms with E-state index in [1.165, 1.54) is 0 Å². The Labute approximate surface area is 124 Å². The van der Waals surface area contributed by atoms with E-state index in [0.29, 0.717) is 32.1 Å². The number of H-pyrrole nitrogens is 1. The number of hydrogen-bond donors (Lipinski definition) is 1. The molecule has 7 nitrogen and oxygen atoms in total. The van der Waals surface area contributed by atoms with Crippen LogP contribution in [0.2, 0.25) is 0 Å². The Bertz CT molecular complexity index is 488. The maximum atomic E-state index is 12.3. The molecular formula is C14H22N4O3. The van der Waals surface area contributed by atoms with Gasteiger partial charge in [0.2, 0.25) is 0 Å². The molecule has 0 bridgehead atoms. The van der Waals surface area contributed by atoms with Gasteiger partial charge in [0.25, 0.3) is 5.91 Å². The number of morpholine rings is 1. The Balaban J connectivity index is 1.90. The van der Waals surface area contributed by atoms with E-state index in [1.807, 2.05) is 6.92 Å². The zero-order valence-corrected chi connectivity index (χ0v) is 12.5. The van der Waals surface area contributed by atoms with Crippen molar-refractivity contribution in [2.45, 2.75) is 32.5 Å². The van der Waals surface area contributed by atoms with Gasteiger partial charge < -0.3 is 14.4 Å². The molecule has 1 aliphatic rings. The summed E-state index contributed by atoms with van der Waals surface area (Å²) in [7, 11) is 0. The van der Waals surface area contributed by atoms with Gasteiger partial charge in [-0.1, -0.05) is 6.08 Å². The molecule has 1 fully saturated rings. The van der Waals surface area contributed by atoms with Crippen LogP contribution in [0.25, 0.3) is 0 Å². The predicted octanol–water partition coefficient (Wildman–Crippen LogP) is 0.994. The van der Waals surface area contributed by atoms with E-state index < -0.39 is 6.10 Å². The molecule has 2 rings (SSSR count). The lowest BCUT2D eigenvalue weighted by Crippen LogP contribution is -2.46. The third-order valence-corrected chi connectivity index (χ3v) is 3.32. The van der Waals surface area contributed by atoms with Crippen LogP contribution in [-0.2, 0) is 14.3 Å². The molecule has 0 spiro atoms. The molecule has 1 aromatic heterocycles. The first kappa shape index (κ1) is 15.7. The highest BCUT2D eigenvalue weighted by Gasteiger charge is 2.30. The summed E-state index contributed by atoms with van der Waals surface area (Å²) in [6, 6.07) is 0. The number of aromatic amines is 1. The van der Waals surface area contributed by atoms with Crippen molar-refractivity contribution in [3.8, 4) is 0 Å². The second-order valence-corrected chi connectivity index (χ2v) is 5.01. The smallest absolute Gasteiger partial charge is 0.251 e. The van der Waals surface area contributed by atoms with Crippen LogP contribution in [-0.4, -0.2) is 58.4 Å². The lowest BCUT2D eigenvalue weighted by Gasteiger charge is -2.33. The summed E-state index contributed by atoms with van der Waals surface area (Å²) in [5.74, 6) is 1.29. The first-order valence-electron chi connectivity index (χ1n) is 7.13. The zero-order valence-electron chi connectivity index (χ0n) is 12.5. The van der Waals surface area contributed by atoms with Gasteiger partial charge in [0.1, 0.15) is 18.0 Å². The second-order valence-electron chi connectivity index (χ2n) is 5.01. The van der Waals surface area contributed by atoms with Crippen LogP contribution in [0.5, 0.6) is 0 Å². The van der Waals surface area contributed by atoms with Crippen molar-refractivity contribution in [2.75, 3.05) is 26.3 Å². The van der Waals surface area contributed by atoms with Crippen LogP contribution in [0.3, 0.4) is 0 Å². The van der Waals surface area contributed by atoms with Crippen LogP contribution in [0.4, 0.5) is 0 Å². The number of hydrogen-bond acceptors (Lipinski definition) is 5. The summed E-state index contributed by atoms with van der Waals surface area (Å²) >= 11 is 0. The number of carbonyl (C=O) groups is 1. The van der Waals surface area contributed by atoms with E-state index in [-0.39, 0.29) is 12.0 Å². The van der Waals surface area contributed by atoms with E-state index in [2.05, 4.69) is 21.8 Å². The van der Waals surface area contributed by atoms with Crippen molar-refractivity contribution in [2.24, 2.45) is 0 Å². The summed E-state index contributed by atoms with van der Waals surface area (Å²) in [6.45, 7) is 9.22. The van der Waals surface area contributed by atoms with Crippen LogP contribution in [0.15, 0.2) is 12.7 Å². The number of nitrogens with zero attached hydrogens (tertiary/aromatic N) is 3. The standard InChI is InChI=1S/C14H22N4O3/c1-4-5-7-20-10(2)14(19)18-6-8-21-12(9-18)13-15-11(3)16-17-13/h4,10,12H,1,5-9H2,2-3H3,(H,15,16,17)/t10-,12+/m0/s1. The maximum Gasteiger partial charge on any atom is 0.251 e. The molecule has 7 heteroatoms. The fourth-order valence-electron chi connectivity index (χ4n) is 2.17. The molecule has 1 aromatic rings. The largest absolute Gasteiger partial charge is 0.368 e. The minimum atomic E-state index is -0.461. The Morgan fingerprint density at radius 3 is 3.19 bits per heavy atom. The average molecular weight is 294 g/mol. The molecule has 1 aliphatic heterocycles. The number of aryl methyl sites for hydroxylation is 1. The molecular weight excluding hydrogens is 272 g/mol. The van der Waals surface area contributed by atoms with E-state index in [0.717, 1.165) is 12.2 Å². The highest BCUT2D eigenvalue weighted by molar-refractivity contribution is 5.80. The number of amides is 1. The molecule has 1 amide bonds. The van der Waals surface area contributed by atoms with Crippen LogP contribution in [0, 0.1) is 6.92 Å². The van der Waals surface area contributed by atoms with Gasteiger partial charge in [-0.25, -0.2) is 4.98 Å². The quantitative estimate of drug-likeness (QED) is 0.625. The molecule has 0 aromatic carbocycles. The fraction of sp³-hybridized carbons (Fsp3) is 0.643. The summed E-state index contributed by atoms with van der Waals surface area (Å²) in [6.07, 6.45) is 1.76. The van der Waals surface area contributed by atoms with Gasteiger partial charge in [-0.05, 0) is 20.3 Å². The van der Waals surface area contributed by atoms with Crippen molar-refractivity contribution < 1.29 is 14.3 Å². The van der Waals surface area contributed by atoms with Gasteiger partial charge in [0.05, 0.1) is 19.8 Å². The molecule has 21 heavy (non-hydrogen) atoms. The first-order valence-corrected chi connectivity index (χ1v) is 7.13. The van der Waals surface area contributed by atoms with E-state index in [1.54, 1.807) is 17.9 Å². The maximum absolute atomic E-state index is 12.3. The number of aromatic nitrogens is 3. The summed E-state index contributed by atoms with van der Waals surface area (Å²) in [4.78, 5) is 18.4. The number of nitrogens with one attached hydrogen (secondary N) is 1. The molecule has 0 saturated carbocycles. The van der Waals surface area contributed by atoms with Crippen molar-refractivity contribution in [3.05, 3.63) is 24.3 Å². The molecule has 0 radical (unpaired) electrons. The highest BCUT2D eigenvalue weighted by atomic mass is 16.5. The first-order chi connectivity index (χ1) is 10.1. The molecule has 2 heterocycles. The van der Waals surface area contributed by atoms with Crippen molar-refractivity contribution in [1.82, 2.24) is 20.1 Å². The second kappa shape index (κ2) is 7.33. The van der Waals surface area contributed by atoms with Crippen molar-refractivity contribution in [3.63, 3.8) is 0 Å². The van der Waals surface area contributed by atoms with E-state index in [4.69, 9.17) is 9.47 Å². The van der Waals surface area contributed by atoms with E-state index >= 15 is 0 Å². The molecule has 0 aliphatic carbocycles. The molecule has 116 valence electrons. The predicted molar refractivity (Wildman–Crippen MR) is 76.6 cm³/mol. The van der Waals surface area contributed by atoms with Gasteiger partial charge in [0.15, 0.2) is 5.82 Å². The van der Waals surface area contributed by atoms with E-state index in [9.17, 15) is 4.79 Å². The third-order valence-electron chi connectivity index (χ3n) is 3.32. The van der Waals surface area contributed by atoms with Gasteiger partial charge in [-0.2, -0.15) is 5.10 Å². The Kier molecular flexibility index (Phi) is 5.46. The minimum Gasteiger partial charge on any atom is -0.368 e. The van der Waals surface area contributed by atoms with Gasteiger partial charge >= 0.3 is 0 Å². The summed E-state index contributed by atoms with van der Waals surface area (Å²) < 4.78 is 11.1. The summed E-state index contributed by atoms with van der Waals surface area (Å²) in [5, 5.41) is 6.89. The molecule has 1 saturated heterocycles.